The Bertz CT molecular complexity index is 371. The van der Waals surface area contributed by atoms with Gasteiger partial charge in [-0.05, 0) is 25.1 Å². The summed E-state index contributed by atoms with van der Waals surface area (Å²) >= 11 is 5.59. The van der Waals surface area contributed by atoms with Crippen molar-refractivity contribution >= 4 is 23.4 Å². The molecule has 4 heteroatoms. The number of Topliss-reactive ketones (excluding diaryl/α,β-unsaturated/α-hetero) is 1. The normalized spacial score (nSPS) is 9.69. The predicted molar refractivity (Wildman–Crippen MR) is 48.4 cm³/mol. The number of carbonyl (C=O) groups excluding carboxylic acids is 1. The highest BCUT2D eigenvalue weighted by Gasteiger charge is 2.13. The fourth-order valence-corrected chi connectivity index (χ4v) is 1.17. The zero-order chi connectivity index (χ0) is 10.0. The molecule has 68 valence electrons. The number of carboxylic acid groups (broad SMARTS) is 1. The molecule has 0 saturated heterocycles. The SMILES string of the molecule is CC(=O)c1ccc(Cl)cc1C(=O)O. The van der Waals surface area contributed by atoms with E-state index < -0.39 is 5.97 Å². The van der Waals surface area contributed by atoms with Crippen LogP contribution in [0.15, 0.2) is 18.2 Å². The molecule has 0 amide bonds. The highest BCUT2D eigenvalue weighted by molar-refractivity contribution is 6.31. The van der Waals surface area contributed by atoms with Crippen LogP contribution in [0, 0.1) is 0 Å². The molecule has 0 aromatic heterocycles. The van der Waals surface area contributed by atoms with Crippen LogP contribution >= 0.6 is 11.6 Å². The van der Waals surface area contributed by atoms with Gasteiger partial charge in [-0.2, -0.15) is 0 Å². The molecule has 0 heterocycles. The van der Waals surface area contributed by atoms with Gasteiger partial charge in [-0.3, -0.25) is 4.79 Å². The van der Waals surface area contributed by atoms with Crippen molar-refractivity contribution in [2.75, 3.05) is 0 Å². The summed E-state index contributed by atoms with van der Waals surface area (Å²) in [6.45, 7) is 1.32. The van der Waals surface area contributed by atoms with Gasteiger partial charge in [0.2, 0.25) is 0 Å². The van der Waals surface area contributed by atoms with Gasteiger partial charge in [-0.25, -0.2) is 4.79 Å². The maximum Gasteiger partial charge on any atom is 0.336 e. The second kappa shape index (κ2) is 3.58. The lowest BCUT2D eigenvalue weighted by atomic mass is 10.0. The number of benzene rings is 1. The third kappa shape index (κ3) is 2.06. The molecule has 0 atom stereocenters. The van der Waals surface area contributed by atoms with Crippen LogP contribution in [0.1, 0.15) is 27.6 Å². The summed E-state index contributed by atoms with van der Waals surface area (Å²) in [6, 6.07) is 4.17. The Morgan fingerprint density at radius 1 is 1.31 bits per heavy atom. The van der Waals surface area contributed by atoms with Crippen molar-refractivity contribution in [2.45, 2.75) is 6.92 Å². The molecule has 0 aliphatic heterocycles. The summed E-state index contributed by atoms with van der Waals surface area (Å²) in [6.07, 6.45) is 0. The average molecular weight is 199 g/mol. The van der Waals surface area contributed by atoms with Crippen molar-refractivity contribution in [2.24, 2.45) is 0 Å². The number of carbonyl (C=O) groups is 2. The summed E-state index contributed by atoms with van der Waals surface area (Å²) in [4.78, 5) is 21.6. The first-order valence-corrected chi connectivity index (χ1v) is 3.94. The quantitative estimate of drug-likeness (QED) is 0.742. The Labute approximate surface area is 79.9 Å². The molecule has 0 aliphatic carbocycles. The van der Waals surface area contributed by atoms with E-state index in [-0.39, 0.29) is 16.9 Å². The van der Waals surface area contributed by atoms with E-state index in [1.54, 1.807) is 0 Å². The van der Waals surface area contributed by atoms with Crippen molar-refractivity contribution in [1.29, 1.82) is 0 Å². The van der Waals surface area contributed by atoms with E-state index in [4.69, 9.17) is 16.7 Å². The molecule has 1 N–H and O–H groups in total. The molecule has 3 nitrogen and oxygen atoms in total. The Morgan fingerprint density at radius 2 is 1.92 bits per heavy atom. The van der Waals surface area contributed by atoms with Crippen molar-refractivity contribution in [3.05, 3.63) is 34.3 Å². The van der Waals surface area contributed by atoms with Crippen LogP contribution in [0.5, 0.6) is 0 Å². The number of carboxylic acids is 1. The minimum absolute atomic E-state index is 0.0556. The Morgan fingerprint density at radius 3 is 2.38 bits per heavy atom. The second-order valence-corrected chi connectivity index (χ2v) is 2.99. The summed E-state index contributed by atoms with van der Waals surface area (Å²) in [5, 5.41) is 9.04. The van der Waals surface area contributed by atoms with Gasteiger partial charge in [0.1, 0.15) is 0 Å². The van der Waals surface area contributed by atoms with E-state index in [0.29, 0.717) is 5.02 Å². The number of hydrogen-bond acceptors (Lipinski definition) is 2. The van der Waals surface area contributed by atoms with E-state index in [1.807, 2.05) is 0 Å². The molecule has 0 fully saturated rings. The average Bonchev–Trinajstić information content (AvgIpc) is 2.03. The molecule has 0 spiro atoms. The lowest BCUT2D eigenvalue weighted by molar-refractivity contribution is 0.0692. The maximum atomic E-state index is 11.0. The first kappa shape index (κ1) is 9.74. The van der Waals surface area contributed by atoms with Crippen LogP contribution in [-0.2, 0) is 0 Å². The molecule has 0 unspecified atom stereocenters. The van der Waals surface area contributed by atoms with Crippen molar-refractivity contribution in [3.63, 3.8) is 0 Å². The van der Waals surface area contributed by atoms with E-state index in [2.05, 4.69) is 0 Å². The second-order valence-electron chi connectivity index (χ2n) is 2.55. The number of hydrogen-bond donors (Lipinski definition) is 1. The van der Waals surface area contributed by atoms with Gasteiger partial charge in [0.15, 0.2) is 5.78 Å². The summed E-state index contributed by atoms with van der Waals surface area (Å²) in [5.74, 6) is -1.43. The molecule has 0 bridgehead atoms. The molecular weight excluding hydrogens is 192 g/mol. The third-order valence-corrected chi connectivity index (χ3v) is 1.83. The van der Waals surface area contributed by atoms with Gasteiger partial charge < -0.3 is 5.11 Å². The first-order chi connectivity index (χ1) is 6.02. The van der Waals surface area contributed by atoms with Crippen molar-refractivity contribution < 1.29 is 14.7 Å². The van der Waals surface area contributed by atoms with Crippen molar-refractivity contribution in [3.8, 4) is 0 Å². The molecule has 0 aliphatic rings. The van der Waals surface area contributed by atoms with Crippen LogP contribution in [0.3, 0.4) is 0 Å². The standard InChI is InChI=1S/C9H7ClO3/c1-5(11)7-3-2-6(10)4-8(7)9(12)13/h2-4H,1H3,(H,12,13). The lowest BCUT2D eigenvalue weighted by Crippen LogP contribution is -2.05. The number of halogens is 1. The van der Waals surface area contributed by atoms with Gasteiger partial charge >= 0.3 is 5.97 Å². The Kier molecular flexibility index (Phi) is 2.68. The maximum absolute atomic E-state index is 11.0. The minimum Gasteiger partial charge on any atom is -0.478 e. The van der Waals surface area contributed by atoms with E-state index >= 15 is 0 Å². The first-order valence-electron chi connectivity index (χ1n) is 3.56. The fraction of sp³-hybridized carbons (Fsp3) is 0.111. The summed E-state index contributed by atoms with van der Waals surface area (Å²) in [7, 11) is 0. The Balaban J connectivity index is 3.35. The molecule has 0 saturated carbocycles. The summed E-state index contributed by atoms with van der Waals surface area (Å²) in [5.41, 5.74) is 0.122. The highest BCUT2D eigenvalue weighted by atomic mass is 35.5. The van der Waals surface area contributed by atoms with Crippen LogP contribution in [0.25, 0.3) is 0 Å². The van der Waals surface area contributed by atoms with Crippen LogP contribution in [-0.4, -0.2) is 16.9 Å². The molecular formula is C9H7ClO3. The van der Waals surface area contributed by atoms with Gasteiger partial charge in [0.25, 0.3) is 0 Å². The van der Waals surface area contributed by atoms with Crippen LogP contribution < -0.4 is 0 Å². The smallest absolute Gasteiger partial charge is 0.336 e. The summed E-state index contributed by atoms with van der Waals surface area (Å²) < 4.78 is 0. The zero-order valence-corrected chi connectivity index (χ0v) is 7.63. The van der Waals surface area contributed by atoms with Gasteiger partial charge in [0, 0.05) is 10.6 Å². The van der Waals surface area contributed by atoms with Crippen LogP contribution in [0.4, 0.5) is 0 Å². The topological polar surface area (TPSA) is 54.4 Å². The zero-order valence-electron chi connectivity index (χ0n) is 6.87. The Hall–Kier alpha value is -1.35. The number of aromatic carboxylic acids is 1. The fourth-order valence-electron chi connectivity index (χ4n) is 1.00. The van der Waals surface area contributed by atoms with Gasteiger partial charge in [0.05, 0.1) is 5.56 Å². The molecule has 13 heavy (non-hydrogen) atoms. The van der Waals surface area contributed by atoms with Gasteiger partial charge in [-0.15, -0.1) is 0 Å². The molecule has 1 aromatic rings. The van der Waals surface area contributed by atoms with E-state index in [1.165, 1.54) is 25.1 Å². The molecule has 1 rings (SSSR count). The number of ketones is 1. The van der Waals surface area contributed by atoms with E-state index in [0.717, 1.165) is 0 Å². The van der Waals surface area contributed by atoms with E-state index in [9.17, 15) is 9.59 Å². The van der Waals surface area contributed by atoms with Crippen LogP contribution in [0.2, 0.25) is 5.02 Å². The molecule has 0 radical (unpaired) electrons. The predicted octanol–water partition coefficient (Wildman–Crippen LogP) is 2.24. The lowest BCUT2D eigenvalue weighted by Gasteiger charge is -2.01. The number of rotatable bonds is 2. The minimum atomic E-state index is -1.15. The third-order valence-electron chi connectivity index (χ3n) is 1.59. The monoisotopic (exact) mass is 198 g/mol. The largest absolute Gasteiger partial charge is 0.478 e. The van der Waals surface area contributed by atoms with Gasteiger partial charge in [-0.1, -0.05) is 11.6 Å². The van der Waals surface area contributed by atoms with Crippen molar-refractivity contribution in [1.82, 2.24) is 0 Å². The molecule has 1 aromatic carbocycles. The highest BCUT2D eigenvalue weighted by Crippen LogP contribution is 2.16.